The summed E-state index contributed by atoms with van der Waals surface area (Å²) >= 11 is 0. The van der Waals surface area contributed by atoms with Crippen LogP contribution in [-0.2, 0) is 9.53 Å². The minimum Gasteiger partial charge on any atom is -0.489 e. The Balaban J connectivity index is 1.59. The van der Waals surface area contributed by atoms with Crippen molar-refractivity contribution in [1.82, 2.24) is 10.2 Å². The molecule has 122 valence electrons. The summed E-state index contributed by atoms with van der Waals surface area (Å²) in [6.45, 7) is 2.51. The van der Waals surface area contributed by atoms with Crippen molar-refractivity contribution in [2.75, 3.05) is 39.9 Å². The van der Waals surface area contributed by atoms with Gasteiger partial charge in [-0.1, -0.05) is 12.1 Å². The molecule has 22 heavy (non-hydrogen) atoms. The molecule has 0 radical (unpaired) electrons. The fourth-order valence-electron chi connectivity index (χ4n) is 2.29. The topological polar surface area (TPSA) is 50.8 Å². The van der Waals surface area contributed by atoms with Crippen LogP contribution in [0.15, 0.2) is 24.3 Å². The van der Waals surface area contributed by atoms with E-state index in [1.807, 2.05) is 11.9 Å². The number of likely N-dealkylation sites (N-methyl/N-ethyl adjacent to an activating group) is 1. The lowest BCUT2D eigenvalue weighted by atomic mass is 10.2. The van der Waals surface area contributed by atoms with Gasteiger partial charge < -0.3 is 14.8 Å². The molecule has 1 unspecified atom stereocenters. The molecule has 0 saturated carbocycles. The number of nitrogens with one attached hydrogen (secondary N) is 1. The lowest BCUT2D eigenvalue weighted by Gasteiger charge is -2.17. The monoisotopic (exact) mass is 310 g/mol. The van der Waals surface area contributed by atoms with E-state index < -0.39 is 0 Å². The van der Waals surface area contributed by atoms with Gasteiger partial charge in [-0.15, -0.1) is 0 Å². The summed E-state index contributed by atoms with van der Waals surface area (Å²) in [6, 6.07) is 6.29. The number of carbonyl (C=O) groups excluding carboxylic acids is 1. The van der Waals surface area contributed by atoms with Crippen molar-refractivity contribution < 1.29 is 18.7 Å². The Morgan fingerprint density at radius 2 is 2.32 bits per heavy atom. The molecule has 1 aliphatic rings. The SMILES string of the molecule is CN(CCOc1ccccc1F)CC(=O)NCC1CCCO1. The van der Waals surface area contributed by atoms with Crippen molar-refractivity contribution in [1.29, 1.82) is 0 Å². The molecule has 5 nitrogen and oxygen atoms in total. The number of rotatable bonds is 8. The van der Waals surface area contributed by atoms with Gasteiger partial charge in [-0.3, -0.25) is 9.69 Å². The van der Waals surface area contributed by atoms with Crippen LogP contribution in [0.2, 0.25) is 0 Å². The van der Waals surface area contributed by atoms with Crippen LogP contribution in [0, 0.1) is 5.82 Å². The molecular formula is C16H23FN2O3. The summed E-state index contributed by atoms with van der Waals surface area (Å²) < 4.78 is 24.2. The molecule has 1 atom stereocenters. The summed E-state index contributed by atoms with van der Waals surface area (Å²) in [5.41, 5.74) is 0. The van der Waals surface area contributed by atoms with Gasteiger partial charge in [0.15, 0.2) is 11.6 Å². The van der Waals surface area contributed by atoms with Crippen molar-refractivity contribution in [2.24, 2.45) is 0 Å². The molecule has 1 heterocycles. The smallest absolute Gasteiger partial charge is 0.234 e. The first-order chi connectivity index (χ1) is 10.6. The van der Waals surface area contributed by atoms with Crippen molar-refractivity contribution >= 4 is 5.91 Å². The molecule has 1 aliphatic heterocycles. The molecular weight excluding hydrogens is 287 g/mol. The van der Waals surface area contributed by atoms with E-state index in [-0.39, 0.29) is 30.1 Å². The van der Waals surface area contributed by atoms with Crippen molar-refractivity contribution in [3.63, 3.8) is 0 Å². The molecule has 0 bridgehead atoms. The third-order valence-electron chi connectivity index (χ3n) is 3.53. The van der Waals surface area contributed by atoms with Crippen molar-refractivity contribution in [2.45, 2.75) is 18.9 Å². The Morgan fingerprint density at radius 1 is 1.50 bits per heavy atom. The molecule has 1 N–H and O–H groups in total. The Kier molecular flexibility index (Phi) is 6.61. The number of benzene rings is 1. The van der Waals surface area contributed by atoms with Crippen molar-refractivity contribution in [3.8, 4) is 5.75 Å². The number of para-hydroxylation sites is 1. The predicted molar refractivity (Wildman–Crippen MR) is 81.4 cm³/mol. The number of amides is 1. The molecule has 2 rings (SSSR count). The van der Waals surface area contributed by atoms with E-state index in [1.54, 1.807) is 18.2 Å². The zero-order chi connectivity index (χ0) is 15.8. The summed E-state index contributed by atoms with van der Waals surface area (Å²) in [7, 11) is 1.83. The van der Waals surface area contributed by atoms with E-state index in [9.17, 15) is 9.18 Å². The summed E-state index contributed by atoms with van der Waals surface area (Å²) in [6.07, 6.45) is 2.22. The van der Waals surface area contributed by atoms with Gasteiger partial charge in [-0.05, 0) is 32.0 Å². The second-order valence-corrected chi connectivity index (χ2v) is 5.46. The van der Waals surface area contributed by atoms with E-state index in [0.29, 0.717) is 19.7 Å². The highest BCUT2D eigenvalue weighted by Crippen LogP contribution is 2.15. The van der Waals surface area contributed by atoms with Gasteiger partial charge in [0.05, 0.1) is 12.6 Å². The highest BCUT2D eigenvalue weighted by Gasteiger charge is 2.16. The highest BCUT2D eigenvalue weighted by atomic mass is 19.1. The first kappa shape index (κ1) is 16.7. The molecule has 1 amide bonds. The maximum atomic E-state index is 13.4. The third-order valence-corrected chi connectivity index (χ3v) is 3.53. The minimum atomic E-state index is -0.376. The average molecular weight is 310 g/mol. The van der Waals surface area contributed by atoms with Crippen LogP contribution in [0.3, 0.4) is 0 Å². The molecule has 0 aliphatic carbocycles. The van der Waals surface area contributed by atoms with Crippen LogP contribution in [0.4, 0.5) is 4.39 Å². The molecule has 1 fully saturated rings. The Hall–Kier alpha value is -1.66. The Morgan fingerprint density at radius 3 is 3.05 bits per heavy atom. The second kappa shape index (κ2) is 8.70. The summed E-state index contributed by atoms with van der Waals surface area (Å²) in [5.74, 6) is -0.179. The van der Waals surface area contributed by atoms with Crippen LogP contribution in [0.1, 0.15) is 12.8 Å². The third kappa shape index (κ3) is 5.61. The fraction of sp³-hybridized carbons (Fsp3) is 0.562. The van der Waals surface area contributed by atoms with Crippen LogP contribution in [-0.4, -0.2) is 56.8 Å². The average Bonchev–Trinajstić information content (AvgIpc) is 3.00. The summed E-state index contributed by atoms with van der Waals surface area (Å²) in [5, 5.41) is 2.87. The molecule has 1 aromatic carbocycles. The number of ether oxygens (including phenoxy) is 2. The van der Waals surface area contributed by atoms with Gasteiger partial charge in [0.1, 0.15) is 6.61 Å². The van der Waals surface area contributed by atoms with Gasteiger partial charge in [0.2, 0.25) is 5.91 Å². The van der Waals surface area contributed by atoms with E-state index in [0.717, 1.165) is 19.4 Å². The highest BCUT2D eigenvalue weighted by molar-refractivity contribution is 5.77. The molecule has 6 heteroatoms. The maximum absolute atomic E-state index is 13.4. The number of nitrogens with zero attached hydrogens (tertiary/aromatic N) is 1. The first-order valence-electron chi connectivity index (χ1n) is 7.59. The van der Waals surface area contributed by atoms with E-state index >= 15 is 0 Å². The number of halogens is 1. The Bertz CT molecular complexity index is 478. The zero-order valence-electron chi connectivity index (χ0n) is 12.9. The number of hydrogen-bond donors (Lipinski definition) is 1. The standard InChI is InChI=1S/C16H23FN2O3/c1-19(8-10-22-15-7-3-2-6-14(15)17)12-16(20)18-11-13-5-4-9-21-13/h2-3,6-7,13H,4-5,8-12H2,1H3,(H,18,20). The van der Waals surface area contributed by atoms with E-state index in [4.69, 9.17) is 9.47 Å². The van der Waals surface area contributed by atoms with Crippen LogP contribution >= 0.6 is 0 Å². The van der Waals surface area contributed by atoms with Crippen LogP contribution < -0.4 is 10.1 Å². The quantitative estimate of drug-likeness (QED) is 0.789. The van der Waals surface area contributed by atoms with Gasteiger partial charge >= 0.3 is 0 Å². The minimum absolute atomic E-state index is 0.0381. The van der Waals surface area contributed by atoms with Gasteiger partial charge in [-0.25, -0.2) is 4.39 Å². The van der Waals surface area contributed by atoms with Gasteiger partial charge in [-0.2, -0.15) is 0 Å². The molecule has 1 aromatic rings. The first-order valence-corrected chi connectivity index (χ1v) is 7.59. The largest absolute Gasteiger partial charge is 0.489 e. The van der Waals surface area contributed by atoms with Crippen LogP contribution in [0.5, 0.6) is 5.75 Å². The van der Waals surface area contributed by atoms with Gasteiger partial charge in [0, 0.05) is 19.7 Å². The van der Waals surface area contributed by atoms with Crippen molar-refractivity contribution in [3.05, 3.63) is 30.1 Å². The van der Waals surface area contributed by atoms with Gasteiger partial charge in [0.25, 0.3) is 0 Å². The fourth-order valence-corrected chi connectivity index (χ4v) is 2.29. The molecule has 0 spiro atoms. The van der Waals surface area contributed by atoms with E-state index in [1.165, 1.54) is 6.07 Å². The molecule has 0 aromatic heterocycles. The maximum Gasteiger partial charge on any atom is 0.234 e. The zero-order valence-corrected chi connectivity index (χ0v) is 12.9. The van der Waals surface area contributed by atoms with E-state index in [2.05, 4.69) is 5.32 Å². The number of carbonyl (C=O) groups is 1. The summed E-state index contributed by atoms with van der Waals surface area (Å²) in [4.78, 5) is 13.6. The lowest BCUT2D eigenvalue weighted by Crippen LogP contribution is -2.39. The lowest BCUT2D eigenvalue weighted by molar-refractivity contribution is -0.122. The molecule has 1 saturated heterocycles. The van der Waals surface area contributed by atoms with Crippen LogP contribution in [0.25, 0.3) is 0 Å². The normalized spacial score (nSPS) is 17.7. The second-order valence-electron chi connectivity index (χ2n) is 5.46. The Labute approximate surface area is 130 Å². The predicted octanol–water partition coefficient (Wildman–Crippen LogP) is 1.43. The number of hydrogen-bond acceptors (Lipinski definition) is 4.